The average Bonchev–Trinajstić information content (AvgIpc) is 3.13. The number of hydrogen-bond acceptors (Lipinski definition) is 5. The van der Waals surface area contributed by atoms with Crippen LogP contribution in [-0.4, -0.2) is 44.0 Å². The van der Waals surface area contributed by atoms with Crippen LogP contribution in [0, 0.1) is 0 Å². The highest BCUT2D eigenvalue weighted by Crippen LogP contribution is 2.27. The standard InChI is InChI=1S/C19H24N2O5/c1-14(22)21(13-16-5-4-10-26-16)9-8-20-19(23)12-15-6-7-17(24-2)18(11-15)25-3/h4-7,10-11H,8-9,12-13H2,1-3H3,(H,20,23). The van der Waals surface area contributed by atoms with Crippen molar-refractivity contribution < 1.29 is 23.5 Å². The lowest BCUT2D eigenvalue weighted by Gasteiger charge is -2.20. The fourth-order valence-electron chi connectivity index (χ4n) is 2.51. The first-order chi connectivity index (χ1) is 12.5. The van der Waals surface area contributed by atoms with Crippen molar-refractivity contribution in [1.82, 2.24) is 10.2 Å². The number of benzene rings is 1. The molecule has 1 aromatic heterocycles. The Balaban J connectivity index is 1.83. The number of furan rings is 1. The van der Waals surface area contributed by atoms with E-state index in [1.54, 1.807) is 43.6 Å². The van der Waals surface area contributed by atoms with E-state index in [1.165, 1.54) is 6.92 Å². The van der Waals surface area contributed by atoms with Crippen molar-refractivity contribution in [2.45, 2.75) is 19.9 Å². The van der Waals surface area contributed by atoms with Crippen molar-refractivity contribution in [3.8, 4) is 11.5 Å². The van der Waals surface area contributed by atoms with Crippen LogP contribution in [-0.2, 0) is 22.6 Å². The molecule has 0 aliphatic rings. The summed E-state index contributed by atoms with van der Waals surface area (Å²) in [4.78, 5) is 25.5. The van der Waals surface area contributed by atoms with Gasteiger partial charge in [-0.25, -0.2) is 0 Å². The summed E-state index contributed by atoms with van der Waals surface area (Å²) in [7, 11) is 3.12. The summed E-state index contributed by atoms with van der Waals surface area (Å²) < 4.78 is 15.7. The van der Waals surface area contributed by atoms with Gasteiger partial charge in [-0.2, -0.15) is 0 Å². The summed E-state index contributed by atoms with van der Waals surface area (Å²) in [6, 6.07) is 8.95. The molecular weight excluding hydrogens is 336 g/mol. The van der Waals surface area contributed by atoms with Gasteiger partial charge in [-0.15, -0.1) is 0 Å². The minimum Gasteiger partial charge on any atom is -0.493 e. The van der Waals surface area contributed by atoms with Gasteiger partial charge in [0.2, 0.25) is 11.8 Å². The molecule has 0 unspecified atom stereocenters. The maximum atomic E-state index is 12.1. The van der Waals surface area contributed by atoms with Gasteiger partial charge < -0.3 is 24.1 Å². The van der Waals surface area contributed by atoms with Crippen LogP contribution in [0.1, 0.15) is 18.2 Å². The molecule has 26 heavy (non-hydrogen) atoms. The number of hydrogen-bond donors (Lipinski definition) is 1. The van der Waals surface area contributed by atoms with Crippen LogP contribution in [0.5, 0.6) is 11.5 Å². The minimum absolute atomic E-state index is 0.0736. The zero-order chi connectivity index (χ0) is 18.9. The molecule has 7 heteroatoms. The first-order valence-corrected chi connectivity index (χ1v) is 8.29. The van der Waals surface area contributed by atoms with E-state index in [2.05, 4.69) is 5.32 Å². The van der Waals surface area contributed by atoms with Crippen LogP contribution in [0.3, 0.4) is 0 Å². The summed E-state index contributed by atoms with van der Waals surface area (Å²) in [5.74, 6) is 1.71. The number of ether oxygens (including phenoxy) is 2. The molecule has 7 nitrogen and oxygen atoms in total. The van der Waals surface area contributed by atoms with Crippen molar-refractivity contribution in [3.63, 3.8) is 0 Å². The Kier molecular flexibility index (Phi) is 7.08. The maximum Gasteiger partial charge on any atom is 0.224 e. The molecule has 0 fully saturated rings. The highest BCUT2D eigenvalue weighted by Gasteiger charge is 2.12. The molecule has 1 heterocycles. The zero-order valence-corrected chi connectivity index (χ0v) is 15.3. The first-order valence-electron chi connectivity index (χ1n) is 8.29. The highest BCUT2D eigenvalue weighted by atomic mass is 16.5. The van der Waals surface area contributed by atoms with Gasteiger partial charge in [0.05, 0.1) is 33.4 Å². The molecular formula is C19H24N2O5. The number of rotatable bonds is 9. The number of nitrogens with one attached hydrogen (secondary N) is 1. The second-order valence-electron chi connectivity index (χ2n) is 5.74. The van der Waals surface area contributed by atoms with Gasteiger partial charge in [-0.3, -0.25) is 9.59 Å². The summed E-state index contributed by atoms with van der Waals surface area (Å²) in [5, 5.41) is 2.83. The number of methoxy groups -OCH3 is 2. The van der Waals surface area contributed by atoms with Gasteiger partial charge in [0.25, 0.3) is 0 Å². The van der Waals surface area contributed by atoms with E-state index >= 15 is 0 Å². The lowest BCUT2D eigenvalue weighted by Crippen LogP contribution is -2.37. The van der Waals surface area contributed by atoms with E-state index < -0.39 is 0 Å². The van der Waals surface area contributed by atoms with Gasteiger partial charge in [-0.1, -0.05) is 6.07 Å². The van der Waals surface area contributed by atoms with Gasteiger partial charge >= 0.3 is 0 Å². The summed E-state index contributed by atoms with van der Waals surface area (Å²) >= 11 is 0. The third-order valence-electron chi connectivity index (χ3n) is 3.89. The largest absolute Gasteiger partial charge is 0.493 e. The van der Waals surface area contributed by atoms with Crippen LogP contribution >= 0.6 is 0 Å². The normalized spacial score (nSPS) is 10.3. The topological polar surface area (TPSA) is 81.0 Å². The Labute approximate surface area is 152 Å². The van der Waals surface area contributed by atoms with Crippen LogP contribution < -0.4 is 14.8 Å². The zero-order valence-electron chi connectivity index (χ0n) is 15.3. The Morgan fingerprint density at radius 2 is 1.92 bits per heavy atom. The van der Waals surface area contributed by atoms with Crippen LogP contribution in [0.4, 0.5) is 0 Å². The lowest BCUT2D eigenvalue weighted by molar-refractivity contribution is -0.130. The molecule has 2 aromatic rings. The van der Waals surface area contributed by atoms with E-state index in [4.69, 9.17) is 13.9 Å². The molecule has 2 rings (SSSR count). The van der Waals surface area contributed by atoms with Gasteiger partial charge in [0.15, 0.2) is 11.5 Å². The quantitative estimate of drug-likeness (QED) is 0.740. The fraction of sp³-hybridized carbons (Fsp3) is 0.368. The maximum absolute atomic E-state index is 12.1. The van der Waals surface area contributed by atoms with E-state index in [9.17, 15) is 9.59 Å². The van der Waals surface area contributed by atoms with E-state index in [-0.39, 0.29) is 18.2 Å². The molecule has 2 amide bonds. The summed E-state index contributed by atoms with van der Waals surface area (Å²) in [6.45, 7) is 2.66. The van der Waals surface area contributed by atoms with E-state index in [0.29, 0.717) is 36.9 Å². The SMILES string of the molecule is COc1ccc(CC(=O)NCCN(Cc2ccco2)C(C)=O)cc1OC. The van der Waals surface area contributed by atoms with Crippen molar-refractivity contribution >= 4 is 11.8 Å². The molecule has 0 radical (unpaired) electrons. The lowest BCUT2D eigenvalue weighted by atomic mass is 10.1. The number of amides is 2. The predicted octanol–water partition coefficient (Wildman–Crippen LogP) is 2.00. The third kappa shape index (κ3) is 5.54. The predicted molar refractivity (Wildman–Crippen MR) is 96.1 cm³/mol. The van der Waals surface area contributed by atoms with Crippen LogP contribution in [0.2, 0.25) is 0 Å². The van der Waals surface area contributed by atoms with Crippen molar-refractivity contribution in [2.24, 2.45) is 0 Å². The Bertz CT molecular complexity index is 728. The molecule has 0 bridgehead atoms. The Morgan fingerprint density at radius 3 is 2.54 bits per heavy atom. The third-order valence-corrected chi connectivity index (χ3v) is 3.89. The van der Waals surface area contributed by atoms with Gasteiger partial charge in [0, 0.05) is 20.0 Å². The van der Waals surface area contributed by atoms with E-state index in [0.717, 1.165) is 5.56 Å². The molecule has 1 aromatic carbocycles. The molecule has 0 aliphatic carbocycles. The molecule has 0 saturated heterocycles. The Hall–Kier alpha value is -2.96. The van der Waals surface area contributed by atoms with Crippen molar-refractivity contribution in [1.29, 1.82) is 0 Å². The summed E-state index contributed by atoms with van der Waals surface area (Å²) in [5.41, 5.74) is 0.819. The molecule has 0 saturated carbocycles. The molecule has 0 aliphatic heterocycles. The van der Waals surface area contributed by atoms with Crippen molar-refractivity contribution in [3.05, 3.63) is 47.9 Å². The first kappa shape index (κ1) is 19.4. The number of nitrogens with zero attached hydrogens (tertiary/aromatic N) is 1. The monoisotopic (exact) mass is 360 g/mol. The van der Waals surface area contributed by atoms with Crippen molar-refractivity contribution in [2.75, 3.05) is 27.3 Å². The van der Waals surface area contributed by atoms with Gasteiger partial charge in [0.1, 0.15) is 5.76 Å². The molecule has 1 N–H and O–H groups in total. The number of carbonyl (C=O) groups is 2. The second-order valence-corrected chi connectivity index (χ2v) is 5.74. The average molecular weight is 360 g/mol. The van der Waals surface area contributed by atoms with Crippen LogP contribution in [0.15, 0.2) is 41.0 Å². The smallest absolute Gasteiger partial charge is 0.224 e. The fourth-order valence-corrected chi connectivity index (χ4v) is 2.51. The highest BCUT2D eigenvalue weighted by molar-refractivity contribution is 5.79. The Morgan fingerprint density at radius 1 is 1.15 bits per heavy atom. The minimum atomic E-state index is -0.126. The molecule has 0 atom stereocenters. The summed E-state index contributed by atoms with van der Waals surface area (Å²) in [6.07, 6.45) is 1.79. The van der Waals surface area contributed by atoms with E-state index in [1.807, 2.05) is 12.1 Å². The van der Waals surface area contributed by atoms with Gasteiger partial charge in [-0.05, 0) is 29.8 Å². The van der Waals surface area contributed by atoms with Crippen LogP contribution in [0.25, 0.3) is 0 Å². The molecule has 140 valence electrons. The number of carbonyl (C=O) groups excluding carboxylic acids is 2. The second kappa shape index (κ2) is 9.50. The molecule has 0 spiro atoms.